The molecule has 1 heterocycles. The largest absolute Gasteiger partial charge is 0.397 e. The lowest BCUT2D eigenvalue weighted by Crippen LogP contribution is -2.24. The number of halogens is 1. The highest BCUT2D eigenvalue weighted by atomic mass is 19.1. The topological polar surface area (TPSA) is 78.6 Å². The predicted molar refractivity (Wildman–Crippen MR) is 80.3 cm³/mol. The Kier molecular flexibility index (Phi) is 5.52. The molecular weight excluding hydrogens is 273 g/mol. The lowest BCUT2D eigenvalue weighted by atomic mass is 10.1. The molecule has 0 spiro atoms. The van der Waals surface area contributed by atoms with E-state index in [2.05, 4.69) is 10.2 Å². The molecule has 1 saturated heterocycles. The molecule has 1 unspecified atom stereocenters. The van der Waals surface area contributed by atoms with Crippen LogP contribution in [0.1, 0.15) is 19.3 Å². The second-order valence-electron chi connectivity index (χ2n) is 5.52. The standard InChI is InChI=1S/C15H22FN3O2/c16-12-3-4-14(13(17)8-12)18-15(21)2-1-6-19-7-5-11(9-19)10-20/h3-4,8,11,20H,1-2,5-7,9-10,17H2,(H,18,21). The van der Waals surface area contributed by atoms with E-state index in [4.69, 9.17) is 10.8 Å². The zero-order chi connectivity index (χ0) is 15.2. The van der Waals surface area contributed by atoms with E-state index in [1.54, 1.807) is 0 Å². The normalized spacial score (nSPS) is 18.9. The number of nitrogens with two attached hydrogens (primary N) is 1. The van der Waals surface area contributed by atoms with Gasteiger partial charge in [-0.05, 0) is 50.0 Å². The van der Waals surface area contributed by atoms with E-state index in [0.29, 0.717) is 18.0 Å². The number of nitrogens with zero attached hydrogens (tertiary/aromatic N) is 1. The van der Waals surface area contributed by atoms with Crippen LogP contribution in [0.25, 0.3) is 0 Å². The summed E-state index contributed by atoms with van der Waals surface area (Å²) >= 11 is 0. The van der Waals surface area contributed by atoms with Crippen molar-refractivity contribution in [2.75, 3.05) is 37.3 Å². The molecule has 2 rings (SSSR count). The molecule has 0 aliphatic carbocycles. The number of benzene rings is 1. The van der Waals surface area contributed by atoms with Gasteiger partial charge in [0.25, 0.3) is 0 Å². The second kappa shape index (κ2) is 7.38. The van der Waals surface area contributed by atoms with Crippen molar-refractivity contribution in [2.24, 2.45) is 5.92 Å². The van der Waals surface area contributed by atoms with Crippen LogP contribution in [0.4, 0.5) is 15.8 Å². The first-order valence-electron chi connectivity index (χ1n) is 7.26. The molecule has 1 fully saturated rings. The highest BCUT2D eigenvalue weighted by Gasteiger charge is 2.21. The summed E-state index contributed by atoms with van der Waals surface area (Å²) in [4.78, 5) is 14.1. The molecule has 1 aliphatic heterocycles. The summed E-state index contributed by atoms with van der Waals surface area (Å²) in [5.41, 5.74) is 6.32. The van der Waals surface area contributed by atoms with Crippen LogP contribution >= 0.6 is 0 Å². The number of carbonyl (C=O) groups excluding carboxylic acids is 1. The van der Waals surface area contributed by atoms with Crippen LogP contribution in [-0.4, -0.2) is 42.2 Å². The van der Waals surface area contributed by atoms with Crippen molar-refractivity contribution in [3.63, 3.8) is 0 Å². The third kappa shape index (κ3) is 4.68. The van der Waals surface area contributed by atoms with Crippen molar-refractivity contribution in [1.82, 2.24) is 4.90 Å². The lowest BCUT2D eigenvalue weighted by Gasteiger charge is -2.15. The van der Waals surface area contributed by atoms with Crippen LogP contribution in [-0.2, 0) is 4.79 Å². The number of aliphatic hydroxyl groups excluding tert-OH is 1. The second-order valence-corrected chi connectivity index (χ2v) is 5.52. The van der Waals surface area contributed by atoms with Crippen LogP contribution in [0.5, 0.6) is 0 Å². The zero-order valence-corrected chi connectivity index (χ0v) is 12.0. The molecule has 0 saturated carbocycles. The number of likely N-dealkylation sites (tertiary alicyclic amines) is 1. The fourth-order valence-corrected chi connectivity index (χ4v) is 2.59. The molecule has 116 valence electrons. The van der Waals surface area contributed by atoms with Crippen LogP contribution in [0.2, 0.25) is 0 Å². The zero-order valence-electron chi connectivity index (χ0n) is 12.0. The number of anilines is 2. The number of carbonyl (C=O) groups is 1. The molecule has 0 aromatic heterocycles. The number of nitrogens with one attached hydrogen (secondary N) is 1. The third-order valence-corrected chi connectivity index (χ3v) is 3.79. The summed E-state index contributed by atoms with van der Waals surface area (Å²) in [6.07, 6.45) is 2.18. The molecule has 6 heteroatoms. The number of hydrogen-bond donors (Lipinski definition) is 3. The maximum Gasteiger partial charge on any atom is 0.224 e. The molecule has 1 atom stereocenters. The SMILES string of the molecule is Nc1cc(F)ccc1NC(=O)CCCN1CCC(CO)C1. The first-order chi connectivity index (χ1) is 10.1. The van der Waals surface area contributed by atoms with E-state index in [1.165, 1.54) is 18.2 Å². The van der Waals surface area contributed by atoms with Gasteiger partial charge in [0.1, 0.15) is 5.82 Å². The monoisotopic (exact) mass is 295 g/mol. The average molecular weight is 295 g/mol. The maximum absolute atomic E-state index is 12.9. The first kappa shape index (κ1) is 15.7. The minimum atomic E-state index is -0.419. The summed E-state index contributed by atoms with van der Waals surface area (Å²) in [7, 11) is 0. The summed E-state index contributed by atoms with van der Waals surface area (Å²) < 4.78 is 12.9. The Balaban J connectivity index is 1.70. The Labute approximate surface area is 123 Å². The molecule has 0 radical (unpaired) electrons. The number of rotatable bonds is 6. The van der Waals surface area contributed by atoms with E-state index in [1.807, 2.05) is 0 Å². The van der Waals surface area contributed by atoms with Gasteiger partial charge in [0.05, 0.1) is 11.4 Å². The number of amides is 1. The van der Waals surface area contributed by atoms with Gasteiger partial charge >= 0.3 is 0 Å². The number of nitrogen functional groups attached to an aromatic ring is 1. The Bertz CT molecular complexity index is 496. The van der Waals surface area contributed by atoms with Gasteiger partial charge in [0.15, 0.2) is 0 Å². The van der Waals surface area contributed by atoms with Crippen molar-refractivity contribution in [3.8, 4) is 0 Å². The van der Waals surface area contributed by atoms with Gasteiger partial charge in [0.2, 0.25) is 5.91 Å². The van der Waals surface area contributed by atoms with Gasteiger partial charge in [-0.2, -0.15) is 0 Å². The first-order valence-corrected chi connectivity index (χ1v) is 7.26. The molecule has 1 aliphatic rings. The Morgan fingerprint density at radius 3 is 3.00 bits per heavy atom. The Hall–Kier alpha value is -1.66. The van der Waals surface area contributed by atoms with Crippen molar-refractivity contribution in [1.29, 1.82) is 0 Å². The summed E-state index contributed by atoms with van der Waals surface area (Å²) in [5.74, 6) is -0.165. The highest BCUT2D eigenvalue weighted by molar-refractivity contribution is 5.93. The van der Waals surface area contributed by atoms with E-state index in [9.17, 15) is 9.18 Å². The van der Waals surface area contributed by atoms with Gasteiger partial charge < -0.3 is 21.1 Å². The van der Waals surface area contributed by atoms with E-state index in [0.717, 1.165) is 32.5 Å². The highest BCUT2D eigenvalue weighted by Crippen LogP contribution is 2.20. The van der Waals surface area contributed by atoms with Crippen LogP contribution < -0.4 is 11.1 Å². The third-order valence-electron chi connectivity index (χ3n) is 3.79. The summed E-state index contributed by atoms with van der Waals surface area (Å²) in [6, 6.07) is 3.93. The van der Waals surface area contributed by atoms with Gasteiger partial charge in [-0.25, -0.2) is 4.39 Å². The Morgan fingerprint density at radius 1 is 1.52 bits per heavy atom. The Morgan fingerprint density at radius 2 is 2.33 bits per heavy atom. The molecular formula is C15H22FN3O2. The van der Waals surface area contributed by atoms with E-state index >= 15 is 0 Å². The summed E-state index contributed by atoms with van der Waals surface area (Å²) in [5, 5.41) is 11.8. The van der Waals surface area contributed by atoms with Gasteiger partial charge in [-0.1, -0.05) is 0 Å². The molecule has 5 nitrogen and oxygen atoms in total. The maximum atomic E-state index is 12.9. The predicted octanol–water partition coefficient (Wildman–Crippen LogP) is 1.44. The van der Waals surface area contributed by atoms with Crippen molar-refractivity contribution in [2.45, 2.75) is 19.3 Å². The molecule has 4 N–H and O–H groups in total. The molecule has 0 bridgehead atoms. The minimum Gasteiger partial charge on any atom is -0.397 e. The van der Waals surface area contributed by atoms with Crippen molar-refractivity contribution in [3.05, 3.63) is 24.0 Å². The fraction of sp³-hybridized carbons (Fsp3) is 0.533. The minimum absolute atomic E-state index is 0.119. The van der Waals surface area contributed by atoms with Crippen LogP contribution in [0.15, 0.2) is 18.2 Å². The molecule has 1 amide bonds. The summed E-state index contributed by atoms with van der Waals surface area (Å²) in [6.45, 7) is 2.98. The molecule has 21 heavy (non-hydrogen) atoms. The molecule has 1 aromatic rings. The lowest BCUT2D eigenvalue weighted by molar-refractivity contribution is -0.116. The molecule has 1 aromatic carbocycles. The quantitative estimate of drug-likeness (QED) is 0.694. The van der Waals surface area contributed by atoms with Gasteiger partial charge in [0, 0.05) is 19.6 Å². The number of hydrogen-bond acceptors (Lipinski definition) is 4. The fourth-order valence-electron chi connectivity index (χ4n) is 2.59. The van der Waals surface area contributed by atoms with Crippen molar-refractivity contribution >= 4 is 17.3 Å². The average Bonchev–Trinajstić information content (AvgIpc) is 2.90. The van der Waals surface area contributed by atoms with Crippen LogP contribution in [0.3, 0.4) is 0 Å². The van der Waals surface area contributed by atoms with Crippen molar-refractivity contribution < 1.29 is 14.3 Å². The van der Waals surface area contributed by atoms with E-state index < -0.39 is 5.82 Å². The van der Waals surface area contributed by atoms with E-state index in [-0.39, 0.29) is 18.2 Å². The van der Waals surface area contributed by atoms with Gasteiger partial charge in [-0.3, -0.25) is 4.79 Å². The van der Waals surface area contributed by atoms with Crippen LogP contribution in [0, 0.1) is 11.7 Å². The number of aliphatic hydroxyl groups is 1. The van der Waals surface area contributed by atoms with Gasteiger partial charge in [-0.15, -0.1) is 0 Å². The smallest absolute Gasteiger partial charge is 0.224 e.